The van der Waals surface area contributed by atoms with Gasteiger partial charge in [-0.05, 0) is 49.4 Å². The molecule has 1 unspecified atom stereocenters. The summed E-state index contributed by atoms with van der Waals surface area (Å²) in [7, 11) is 1.70. The number of fused-ring (bicyclic) bond motifs is 1. The average Bonchev–Trinajstić information content (AvgIpc) is 3.17. The predicted molar refractivity (Wildman–Crippen MR) is 143 cm³/mol. The van der Waals surface area contributed by atoms with Gasteiger partial charge in [0.25, 0.3) is 11.8 Å². The van der Waals surface area contributed by atoms with Crippen LogP contribution < -0.4 is 10.6 Å². The molecule has 1 saturated heterocycles. The van der Waals surface area contributed by atoms with Crippen molar-refractivity contribution in [1.82, 2.24) is 15.1 Å². The third-order valence-electron chi connectivity index (χ3n) is 7.41. The van der Waals surface area contributed by atoms with Gasteiger partial charge in [0.1, 0.15) is 12.6 Å². The lowest BCUT2D eigenvalue weighted by Crippen LogP contribution is -2.54. The number of nitrogens with zero attached hydrogens (tertiary/aromatic N) is 2. The Labute approximate surface area is 231 Å². The summed E-state index contributed by atoms with van der Waals surface area (Å²) in [5, 5.41) is 5.58. The summed E-state index contributed by atoms with van der Waals surface area (Å²) >= 11 is 0. The van der Waals surface area contributed by atoms with Crippen LogP contribution in [0.4, 0.5) is 10.5 Å². The summed E-state index contributed by atoms with van der Waals surface area (Å²) in [6.45, 7) is 1.29. The van der Waals surface area contributed by atoms with E-state index in [1.54, 1.807) is 30.1 Å². The number of nitrogens with one attached hydrogen (secondary N) is 2. The first kappa shape index (κ1) is 27.3. The third-order valence-corrected chi connectivity index (χ3v) is 7.41. The van der Waals surface area contributed by atoms with Crippen molar-refractivity contribution in [1.29, 1.82) is 0 Å². The van der Waals surface area contributed by atoms with Gasteiger partial charge in [-0.1, -0.05) is 30.3 Å². The Kier molecular flexibility index (Phi) is 8.11. The molecule has 3 aliphatic rings. The molecule has 0 radical (unpaired) electrons. The smallest absolute Gasteiger partial charge is 0.409 e. The highest BCUT2D eigenvalue weighted by molar-refractivity contribution is 6.23. The van der Waals surface area contributed by atoms with Crippen molar-refractivity contribution in [3.8, 4) is 0 Å². The van der Waals surface area contributed by atoms with E-state index in [1.165, 1.54) is 0 Å². The molecular weight excluding hydrogens is 516 g/mol. The van der Waals surface area contributed by atoms with Crippen molar-refractivity contribution in [2.45, 2.75) is 56.9 Å². The lowest BCUT2D eigenvalue weighted by molar-refractivity contribution is -0.136. The van der Waals surface area contributed by atoms with Crippen molar-refractivity contribution in [3.05, 3.63) is 65.2 Å². The SMILES string of the molecule is CN(CCCOC1CC(Nc2ccc3c(c2)C(=O)N(C2CCC(=O)NC2=O)C3=O)C1)C(=O)OCc1ccccc1. The van der Waals surface area contributed by atoms with Crippen LogP contribution >= 0.6 is 0 Å². The Bertz CT molecular complexity index is 1310. The quantitative estimate of drug-likeness (QED) is 0.342. The molecule has 2 aliphatic heterocycles. The number of hydrogen-bond donors (Lipinski definition) is 2. The molecule has 2 N–H and O–H groups in total. The van der Waals surface area contributed by atoms with Crippen LogP contribution in [0, 0.1) is 0 Å². The fraction of sp³-hybridized carbons (Fsp3) is 0.414. The number of hydrogen-bond acceptors (Lipinski definition) is 8. The first-order valence-corrected chi connectivity index (χ1v) is 13.5. The van der Waals surface area contributed by atoms with Crippen molar-refractivity contribution in [2.75, 3.05) is 25.5 Å². The number of anilines is 1. The Balaban J connectivity index is 1.02. The Morgan fingerprint density at radius 1 is 1.05 bits per heavy atom. The highest BCUT2D eigenvalue weighted by Crippen LogP contribution is 2.32. The molecule has 5 rings (SSSR count). The zero-order chi connectivity index (χ0) is 28.2. The van der Waals surface area contributed by atoms with E-state index in [0.29, 0.717) is 25.3 Å². The number of amides is 5. The van der Waals surface area contributed by atoms with Gasteiger partial charge in [-0.25, -0.2) is 4.79 Å². The van der Waals surface area contributed by atoms with Gasteiger partial charge in [-0.3, -0.25) is 29.4 Å². The van der Waals surface area contributed by atoms with Crippen LogP contribution in [0.5, 0.6) is 0 Å². The van der Waals surface area contributed by atoms with Crippen LogP contribution in [0.3, 0.4) is 0 Å². The zero-order valence-corrected chi connectivity index (χ0v) is 22.3. The van der Waals surface area contributed by atoms with Crippen LogP contribution in [0.2, 0.25) is 0 Å². The molecule has 2 fully saturated rings. The number of benzene rings is 2. The van der Waals surface area contributed by atoms with Crippen LogP contribution in [-0.4, -0.2) is 77.9 Å². The number of carbonyl (C=O) groups is 5. The summed E-state index contributed by atoms with van der Waals surface area (Å²) in [5.41, 5.74) is 2.15. The lowest BCUT2D eigenvalue weighted by Gasteiger charge is -2.36. The standard InChI is InChI=1S/C29H32N4O7/c1-32(29(38)40-17-18-6-3-2-4-7-18)12-5-13-39-21-14-20(15-21)30-19-8-9-22-23(16-19)28(37)33(27(22)36)24-10-11-25(34)31-26(24)35/h2-4,6-9,16,20-21,24,30H,5,10-15,17H2,1H3,(H,31,34,35). The van der Waals surface area contributed by atoms with E-state index in [0.717, 1.165) is 23.3 Å². The molecule has 5 amide bonds. The molecule has 2 aromatic rings. The fourth-order valence-electron chi connectivity index (χ4n) is 5.09. The van der Waals surface area contributed by atoms with E-state index in [-0.39, 0.29) is 48.8 Å². The van der Waals surface area contributed by atoms with E-state index in [4.69, 9.17) is 9.47 Å². The molecule has 0 spiro atoms. The Hall–Kier alpha value is -4.25. The van der Waals surface area contributed by atoms with Crippen molar-refractivity contribution < 1.29 is 33.4 Å². The van der Waals surface area contributed by atoms with Crippen LogP contribution in [-0.2, 0) is 25.7 Å². The molecule has 1 aliphatic carbocycles. The lowest BCUT2D eigenvalue weighted by atomic mass is 9.89. The molecule has 0 bridgehead atoms. The van der Waals surface area contributed by atoms with Crippen LogP contribution in [0.1, 0.15) is 58.4 Å². The molecule has 1 atom stereocenters. The number of piperidine rings is 1. The molecule has 2 heterocycles. The van der Waals surface area contributed by atoms with Crippen molar-refractivity contribution in [2.24, 2.45) is 0 Å². The molecule has 40 heavy (non-hydrogen) atoms. The number of ether oxygens (including phenoxy) is 2. The second-order valence-corrected chi connectivity index (χ2v) is 10.3. The van der Waals surface area contributed by atoms with Gasteiger partial charge in [0.15, 0.2) is 0 Å². The normalized spacial score (nSPS) is 21.9. The molecule has 1 saturated carbocycles. The first-order chi connectivity index (χ1) is 19.3. The topological polar surface area (TPSA) is 134 Å². The maximum absolute atomic E-state index is 13.0. The monoisotopic (exact) mass is 548 g/mol. The molecule has 210 valence electrons. The highest BCUT2D eigenvalue weighted by atomic mass is 16.6. The first-order valence-electron chi connectivity index (χ1n) is 13.5. The van der Waals surface area contributed by atoms with E-state index < -0.39 is 29.7 Å². The fourth-order valence-corrected chi connectivity index (χ4v) is 5.09. The second kappa shape index (κ2) is 11.9. The van der Waals surface area contributed by atoms with E-state index in [2.05, 4.69) is 10.6 Å². The highest BCUT2D eigenvalue weighted by Gasteiger charge is 2.44. The maximum atomic E-state index is 13.0. The number of carbonyl (C=O) groups excluding carboxylic acids is 5. The average molecular weight is 549 g/mol. The summed E-state index contributed by atoms with van der Waals surface area (Å²) in [6.07, 6.45) is 2.22. The number of imide groups is 2. The van der Waals surface area contributed by atoms with E-state index >= 15 is 0 Å². The summed E-state index contributed by atoms with van der Waals surface area (Å²) in [5.74, 6) is -2.08. The molecule has 0 aromatic heterocycles. The van der Waals surface area contributed by atoms with Crippen LogP contribution in [0.25, 0.3) is 0 Å². The molecule has 11 nitrogen and oxygen atoms in total. The zero-order valence-electron chi connectivity index (χ0n) is 22.3. The van der Waals surface area contributed by atoms with Crippen LogP contribution in [0.15, 0.2) is 48.5 Å². The van der Waals surface area contributed by atoms with Crippen molar-refractivity contribution >= 4 is 35.4 Å². The largest absolute Gasteiger partial charge is 0.445 e. The predicted octanol–water partition coefficient (Wildman–Crippen LogP) is 2.71. The van der Waals surface area contributed by atoms with Gasteiger partial charge in [-0.15, -0.1) is 0 Å². The minimum atomic E-state index is -0.981. The number of rotatable bonds is 10. The Morgan fingerprint density at radius 2 is 1.80 bits per heavy atom. The second-order valence-electron chi connectivity index (χ2n) is 10.3. The Morgan fingerprint density at radius 3 is 2.55 bits per heavy atom. The van der Waals surface area contributed by atoms with Gasteiger partial charge in [0, 0.05) is 38.3 Å². The third kappa shape index (κ3) is 5.99. The molecule has 2 aromatic carbocycles. The summed E-state index contributed by atoms with van der Waals surface area (Å²) in [4.78, 5) is 64.2. The summed E-state index contributed by atoms with van der Waals surface area (Å²) < 4.78 is 11.2. The summed E-state index contributed by atoms with van der Waals surface area (Å²) in [6, 6.07) is 13.7. The van der Waals surface area contributed by atoms with Crippen molar-refractivity contribution in [3.63, 3.8) is 0 Å². The molecular formula is C29H32N4O7. The maximum Gasteiger partial charge on any atom is 0.409 e. The van der Waals surface area contributed by atoms with E-state index in [9.17, 15) is 24.0 Å². The van der Waals surface area contributed by atoms with Gasteiger partial charge < -0.3 is 19.7 Å². The minimum Gasteiger partial charge on any atom is -0.445 e. The van der Waals surface area contributed by atoms with Gasteiger partial charge in [0.2, 0.25) is 11.8 Å². The van der Waals surface area contributed by atoms with Gasteiger partial charge in [-0.2, -0.15) is 0 Å². The van der Waals surface area contributed by atoms with Gasteiger partial charge in [0.05, 0.1) is 17.2 Å². The molecule has 11 heteroatoms. The van der Waals surface area contributed by atoms with E-state index in [1.807, 2.05) is 30.3 Å². The minimum absolute atomic E-state index is 0.0829. The van der Waals surface area contributed by atoms with Gasteiger partial charge >= 0.3 is 6.09 Å².